The molecular weight excluding hydrogens is 341 g/mol. The van der Waals surface area contributed by atoms with E-state index in [1.165, 1.54) is 11.6 Å². The molecule has 2 heterocycles. The van der Waals surface area contributed by atoms with Crippen molar-refractivity contribution in [2.75, 3.05) is 20.1 Å². The van der Waals surface area contributed by atoms with Crippen molar-refractivity contribution in [3.05, 3.63) is 77.9 Å². The van der Waals surface area contributed by atoms with Crippen LogP contribution >= 0.6 is 0 Å². The Bertz CT molecular complexity index is 880. The lowest BCUT2D eigenvalue weighted by Gasteiger charge is -2.23. The third-order valence-electron chi connectivity index (χ3n) is 5.19. The average molecular weight is 365 g/mol. The van der Waals surface area contributed by atoms with Crippen LogP contribution in [0, 0.1) is 5.82 Å². The van der Waals surface area contributed by atoms with E-state index in [9.17, 15) is 4.39 Å². The predicted molar refractivity (Wildman–Crippen MR) is 103 cm³/mol. The van der Waals surface area contributed by atoms with E-state index in [0.717, 1.165) is 31.7 Å². The van der Waals surface area contributed by atoms with Crippen molar-refractivity contribution in [1.29, 1.82) is 0 Å². The van der Waals surface area contributed by atoms with Crippen LogP contribution in [0.5, 0.6) is 0 Å². The highest BCUT2D eigenvalue weighted by atomic mass is 19.1. The van der Waals surface area contributed by atoms with Crippen LogP contribution in [0.2, 0.25) is 0 Å². The van der Waals surface area contributed by atoms with Crippen LogP contribution in [0.1, 0.15) is 17.7 Å². The van der Waals surface area contributed by atoms with Crippen molar-refractivity contribution in [3.63, 3.8) is 0 Å². The molecule has 1 aliphatic rings. The van der Waals surface area contributed by atoms with E-state index in [-0.39, 0.29) is 5.82 Å². The minimum Gasteiger partial charge on any atom is -0.444 e. The van der Waals surface area contributed by atoms with Crippen molar-refractivity contribution in [1.82, 2.24) is 14.8 Å². The smallest absolute Gasteiger partial charge is 0.229 e. The van der Waals surface area contributed by atoms with Gasteiger partial charge in [-0.2, -0.15) is 0 Å². The summed E-state index contributed by atoms with van der Waals surface area (Å²) in [5.41, 5.74) is 2.59. The normalized spacial score (nSPS) is 17.7. The summed E-state index contributed by atoms with van der Waals surface area (Å²) in [6.45, 7) is 3.83. The van der Waals surface area contributed by atoms with Gasteiger partial charge in [-0.25, -0.2) is 9.37 Å². The second kappa shape index (κ2) is 8.03. The molecule has 1 unspecified atom stereocenters. The molecule has 1 atom stereocenters. The Morgan fingerprint density at radius 2 is 1.93 bits per heavy atom. The van der Waals surface area contributed by atoms with Crippen LogP contribution in [0.15, 0.2) is 65.3 Å². The molecule has 0 aliphatic carbocycles. The summed E-state index contributed by atoms with van der Waals surface area (Å²) >= 11 is 0. The Balaban J connectivity index is 1.35. The highest BCUT2D eigenvalue weighted by Crippen LogP contribution is 2.23. The van der Waals surface area contributed by atoms with Crippen molar-refractivity contribution in [2.24, 2.45) is 0 Å². The van der Waals surface area contributed by atoms with Gasteiger partial charge in [-0.3, -0.25) is 9.80 Å². The molecule has 1 fully saturated rings. The highest BCUT2D eigenvalue weighted by Gasteiger charge is 2.26. The molecule has 140 valence electrons. The lowest BCUT2D eigenvalue weighted by molar-refractivity contribution is 0.220. The number of likely N-dealkylation sites (N-methyl/N-ethyl adjacent to an activating group) is 1. The van der Waals surface area contributed by atoms with Gasteiger partial charge in [0.15, 0.2) is 0 Å². The number of likely N-dealkylation sites (tertiary alicyclic amines) is 1. The second-order valence-corrected chi connectivity index (χ2v) is 7.20. The first-order valence-electron chi connectivity index (χ1n) is 9.35. The molecule has 5 heteroatoms. The lowest BCUT2D eigenvalue weighted by Crippen LogP contribution is -2.34. The molecule has 2 aromatic carbocycles. The molecular formula is C22H24FN3O. The molecule has 0 bridgehead atoms. The minimum absolute atomic E-state index is 0.313. The van der Waals surface area contributed by atoms with Gasteiger partial charge in [0.05, 0.1) is 11.3 Å². The average Bonchev–Trinajstić information content (AvgIpc) is 3.33. The predicted octanol–water partition coefficient (Wildman–Crippen LogP) is 4.19. The quantitative estimate of drug-likeness (QED) is 0.656. The molecule has 0 spiro atoms. The summed E-state index contributed by atoms with van der Waals surface area (Å²) in [6.07, 6.45) is 2.77. The molecule has 1 saturated heterocycles. The Kier molecular flexibility index (Phi) is 5.32. The lowest BCUT2D eigenvalue weighted by atomic mass is 10.2. The summed E-state index contributed by atoms with van der Waals surface area (Å²) in [5.74, 6) is 0.0280. The van der Waals surface area contributed by atoms with Gasteiger partial charge in [-0.1, -0.05) is 42.5 Å². The fourth-order valence-electron chi connectivity index (χ4n) is 3.68. The Labute approximate surface area is 159 Å². The van der Waals surface area contributed by atoms with E-state index in [1.807, 2.05) is 0 Å². The van der Waals surface area contributed by atoms with Gasteiger partial charge in [0.1, 0.15) is 12.1 Å². The summed E-state index contributed by atoms with van der Waals surface area (Å²) in [7, 11) is 2.12. The molecule has 0 saturated carbocycles. The molecule has 0 amide bonds. The van der Waals surface area contributed by atoms with Gasteiger partial charge >= 0.3 is 0 Å². The van der Waals surface area contributed by atoms with Crippen molar-refractivity contribution in [3.8, 4) is 11.5 Å². The maximum Gasteiger partial charge on any atom is 0.229 e. The van der Waals surface area contributed by atoms with Crippen LogP contribution in [-0.2, 0) is 13.1 Å². The summed E-state index contributed by atoms with van der Waals surface area (Å²) < 4.78 is 19.4. The Morgan fingerprint density at radius 3 is 2.74 bits per heavy atom. The van der Waals surface area contributed by atoms with E-state index in [1.54, 1.807) is 24.5 Å². The first-order valence-corrected chi connectivity index (χ1v) is 9.35. The molecule has 4 nitrogen and oxygen atoms in total. The zero-order valence-corrected chi connectivity index (χ0v) is 15.5. The van der Waals surface area contributed by atoms with Gasteiger partial charge in [-0.05, 0) is 31.2 Å². The Morgan fingerprint density at radius 1 is 1.15 bits per heavy atom. The highest BCUT2D eigenvalue weighted by molar-refractivity contribution is 5.53. The van der Waals surface area contributed by atoms with Gasteiger partial charge < -0.3 is 4.42 Å². The Hall–Kier alpha value is -2.50. The first-order chi connectivity index (χ1) is 13.2. The van der Waals surface area contributed by atoms with Crippen molar-refractivity contribution < 1.29 is 8.81 Å². The number of hydrogen-bond acceptors (Lipinski definition) is 4. The third-order valence-corrected chi connectivity index (χ3v) is 5.19. The fraction of sp³-hybridized carbons (Fsp3) is 0.318. The molecule has 0 radical (unpaired) electrons. The number of oxazole rings is 1. The van der Waals surface area contributed by atoms with E-state index in [0.29, 0.717) is 24.0 Å². The maximum absolute atomic E-state index is 13.9. The molecule has 1 aromatic heterocycles. The van der Waals surface area contributed by atoms with Gasteiger partial charge in [0, 0.05) is 32.2 Å². The number of benzene rings is 2. The molecule has 0 N–H and O–H groups in total. The van der Waals surface area contributed by atoms with Crippen LogP contribution in [-0.4, -0.2) is 41.0 Å². The minimum atomic E-state index is -0.313. The van der Waals surface area contributed by atoms with Crippen LogP contribution in [0.25, 0.3) is 11.5 Å². The van der Waals surface area contributed by atoms with Crippen molar-refractivity contribution in [2.45, 2.75) is 25.6 Å². The van der Waals surface area contributed by atoms with E-state index >= 15 is 0 Å². The number of rotatable bonds is 6. The van der Waals surface area contributed by atoms with Gasteiger partial charge in [-0.15, -0.1) is 0 Å². The van der Waals surface area contributed by atoms with Crippen LogP contribution in [0.4, 0.5) is 4.39 Å². The van der Waals surface area contributed by atoms with Crippen LogP contribution < -0.4 is 0 Å². The van der Waals surface area contributed by atoms with E-state index in [2.05, 4.69) is 52.2 Å². The van der Waals surface area contributed by atoms with E-state index < -0.39 is 0 Å². The summed E-state index contributed by atoms with van der Waals surface area (Å²) in [6, 6.07) is 17.6. The monoisotopic (exact) mass is 365 g/mol. The van der Waals surface area contributed by atoms with Gasteiger partial charge in [0.2, 0.25) is 5.89 Å². The van der Waals surface area contributed by atoms with Crippen LogP contribution in [0.3, 0.4) is 0 Å². The topological polar surface area (TPSA) is 32.5 Å². The zero-order valence-electron chi connectivity index (χ0n) is 15.5. The van der Waals surface area contributed by atoms with E-state index in [4.69, 9.17) is 4.42 Å². The molecule has 4 rings (SSSR count). The van der Waals surface area contributed by atoms with Gasteiger partial charge in [0.25, 0.3) is 0 Å². The second-order valence-electron chi connectivity index (χ2n) is 7.20. The SMILES string of the molecule is CN(Cc1coc(-c2ccccc2F)n1)C1CCN(Cc2ccccc2)C1. The molecule has 1 aliphatic heterocycles. The number of halogens is 1. The number of aromatic nitrogens is 1. The number of nitrogens with zero attached hydrogens (tertiary/aromatic N) is 3. The largest absolute Gasteiger partial charge is 0.444 e. The summed E-state index contributed by atoms with van der Waals surface area (Å²) in [4.78, 5) is 9.28. The standard InChI is InChI=1S/C22H24FN3O/c1-25(19-11-12-26(15-19)13-17-7-3-2-4-8-17)14-18-16-27-22(24-18)20-9-5-6-10-21(20)23/h2-10,16,19H,11-15H2,1H3. The maximum atomic E-state index is 13.9. The van der Waals surface area contributed by atoms with Crippen molar-refractivity contribution >= 4 is 0 Å². The zero-order chi connectivity index (χ0) is 18.6. The fourth-order valence-corrected chi connectivity index (χ4v) is 3.68. The first kappa shape index (κ1) is 17.9. The third kappa shape index (κ3) is 4.26. The molecule has 3 aromatic rings. The molecule has 27 heavy (non-hydrogen) atoms. The summed E-state index contributed by atoms with van der Waals surface area (Å²) in [5, 5.41) is 0. The number of hydrogen-bond donors (Lipinski definition) is 0.